The molecule has 0 saturated heterocycles. The molecule has 2 N–H and O–H groups in total. The standard InChI is InChI=1S/C12H26N2O2/c1-5-14(6-2)12(16)11(4)13-9-10(3)7-8-15/h10-11,13,15H,5-9H2,1-4H3. The van der Waals surface area contributed by atoms with Crippen LogP contribution in [0.25, 0.3) is 0 Å². The van der Waals surface area contributed by atoms with E-state index in [9.17, 15) is 4.79 Å². The first-order valence-electron chi connectivity index (χ1n) is 6.19. The van der Waals surface area contributed by atoms with Gasteiger partial charge in [0.2, 0.25) is 5.91 Å². The van der Waals surface area contributed by atoms with E-state index in [4.69, 9.17) is 5.11 Å². The smallest absolute Gasteiger partial charge is 0.239 e. The van der Waals surface area contributed by atoms with Crippen molar-refractivity contribution < 1.29 is 9.90 Å². The molecule has 4 heteroatoms. The van der Waals surface area contributed by atoms with Gasteiger partial charge in [-0.15, -0.1) is 0 Å². The summed E-state index contributed by atoms with van der Waals surface area (Å²) in [7, 11) is 0. The van der Waals surface area contributed by atoms with E-state index < -0.39 is 0 Å². The Bertz CT molecular complexity index is 193. The first kappa shape index (κ1) is 15.4. The molecule has 0 aliphatic carbocycles. The van der Waals surface area contributed by atoms with E-state index in [1.54, 1.807) is 0 Å². The minimum atomic E-state index is -0.138. The maximum absolute atomic E-state index is 11.9. The van der Waals surface area contributed by atoms with Crippen LogP contribution >= 0.6 is 0 Å². The molecule has 0 fully saturated rings. The van der Waals surface area contributed by atoms with Crippen molar-refractivity contribution in [2.45, 2.75) is 40.2 Å². The molecule has 0 aromatic carbocycles. The van der Waals surface area contributed by atoms with Gasteiger partial charge < -0.3 is 15.3 Å². The number of rotatable bonds is 8. The van der Waals surface area contributed by atoms with Crippen molar-refractivity contribution in [3.8, 4) is 0 Å². The average Bonchev–Trinajstić information content (AvgIpc) is 2.27. The second-order valence-electron chi connectivity index (χ2n) is 4.26. The van der Waals surface area contributed by atoms with Gasteiger partial charge >= 0.3 is 0 Å². The molecule has 1 amide bonds. The second-order valence-corrected chi connectivity index (χ2v) is 4.26. The lowest BCUT2D eigenvalue weighted by atomic mass is 10.1. The molecule has 0 aromatic heterocycles. The van der Waals surface area contributed by atoms with Crippen LogP contribution in [0.2, 0.25) is 0 Å². The molecule has 96 valence electrons. The molecule has 0 rings (SSSR count). The highest BCUT2D eigenvalue weighted by molar-refractivity contribution is 5.81. The Morgan fingerprint density at radius 2 is 1.88 bits per heavy atom. The lowest BCUT2D eigenvalue weighted by Gasteiger charge is -2.24. The summed E-state index contributed by atoms with van der Waals surface area (Å²) < 4.78 is 0. The number of aliphatic hydroxyl groups excluding tert-OH is 1. The number of amides is 1. The third kappa shape index (κ3) is 5.47. The quantitative estimate of drug-likeness (QED) is 0.650. The largest absolute Gasteiger partial charge is 0.396 e. The summed E-state index contributed by atoms with van der Waals surface area (Å²) in [6.07, 6.45) is 0.777. The monoisotopic (exact) mass is 230 g/mol. The molecule has 0 aromatic rings. The molecule has 0 radical (unpaired) electrons. The SMILES string of the molecule is CCN(CC)C(=O)C(C)NCC(C)CCO. The van der Waals surface area contributed by atoms with Gasteiger partial charge in [0.05, 0.1) is 6.04 Å². The van der Waals surface area contributed by atoms with Gasteiger partial charge in [0.25, 0.3) is 0 Å². The zero-order chi connectivity index (χ0) is 12.6. The maximum atomic E-state index is 11.9. The molecule has 0 heterocycles. The number of carbonyl (C=O) groups excluding carboxylic acids is 1. The van der Waals surface area contributed by atoms with Crippen molar-refractivity contribution in [3.05, 3.63) is 0 Å². The first-order chi connectivity index (χ1) is 7.56. The number of nitrogens with one attached hydrogen (secondary N) is 1. The van der Waals surface area contributed by atoms with Crippen LogP contribution in [0.1, 0.15) is 34.1 Å². The lowest BCUT2D eigenvalue weighted by Crippen LogP contribution is -2.45. The molecule has 16 heavy (non-hydrogen) atoms. The first-order valence-corrected chi connectivity index (χ1v) is 6.19. The van der Waals surface area contributed by atoms with Crippen LogP contribution in [0.4, 0.5) is 0 Å². The molecule has 0 aliphatic heterocycles. The molecule has 0 spiro atoms. The Morgan fingerprint density at radius 1 is 1.31 bits per heavy atom. The van der Waals surface area contributed by atoms with E-state index in [2.05, 4.69) is 12.2 Å². The van der Waals surface area contributed by atoms with Crippen molar-refractivity contribution in [3.63, 3.8) is 0 Å². The van der Waals surface area contributed by atoms with Crippen LogP contribution in [0.5, 0.6) is 0 Å². The van der Waals surface area contributed by atoms with E-state index in [1.807, 2.05) is 25.7 Å². The van der Waals surface area contributed by atoms with Crippen molar-refractivity contribution in [1.82, 2.24) is 10.2 Å². The van der Waals surface area contributed by atoms with Crippen molar-refractivity contribution in [2.24, 2.45) is 5.92 Å². The molecule has 0 aliphatic rings. The van der Waals surface area contributed by atoms with Gasteiger partial charge in [-0.1, -0.05) is 6.92 Å². The van der Waals surface area contributed by atoms with Gasteiger partial charge in [-0.05, 0) is 39.7 Å². The third-order valence-corrected chi connectivity index (χ3v) is 2.84. The molecular formula is C12H26N2O2. The van der Waals surface area contributed by atoms with E-state index in [-0.39, 0.29) is 18.6 Å². The lowest BCUT2D eigenvalue weighted by molar-refractivity contribution is -0.132. The average molecular weight is 230 g/mol. The maximum Gasteiger partial charge on any atom is 0.239 e. The van der Waals surface area contributed by atoms with E-state index in [0.717, 1.165) is 26.1 Å². The summed E-state index contributed by atoms with van der Waals surface area (Å²) in [5.74, 6) is 0.554. The molecule has 2 atom stereocenters. The predicted molar refractivity (Wildman–Crippen MR) is 66.3 cm³/mol. The topological polar surface area (TPSA) is 52.6 Å². The zero-order valence-corrected chi connectivity index (χ0v) is 11.0. The number of likely N-dealkylation sites (N-methyl/N-ethyl adjacent to an activating group) is 1. The van der Waals surface area contributed by atoms with Gasteiger partial charge in [-0.3, -0.25) is 4.79 Å². The summed E-state index contributed by atoms with van der Waals surface area (Å²) in [5.41, 5.74) is 0. The Hall–Kier alpha value is -0.610. The van der Waals surface area contributed by atoms with Gasteiger partial charge in [-0.25, -0.2) is 0 Å². The minimum Gasteiger partial charge on any atom is -0.396 e. The predicted octanol–water partition coefficient (Wildman–Crippen LogP) is 0.851. The molecule has 0 saturated carbocycles. The third-order valence-electron chi connectivity index (χ3n) is 2.84. The summed E-state index contributed by atoms with van der Waals surface area (Å²) >= 11 is 0. The van der Waals surface area contributed by atoms with Crippen LogP contribution in [-0.4, -0.2) is 48.2 Å². The van der Waals surface area contributed by atoms with E-state index >= 15 is 0 Å². The number of nitrogens with zero attached hydrogens (tertiary/aromatic N) is 1. The fraction of sp³-hybridized carbons (Fsp3) is 0.917. The van der Waals surface area contributed by atoms with Crippen LogP contribution in [0.3, 0.4) is 0 Å². The molecule has 0 bridgehead atoms. The highest BCUT2D eigenvalue weighted by Gasteiger charge is 2.17. The fourth-order valence-electron chi connectivity index (χ4n) is 1.60. The number of carbonyl (C=O) groups is 1. The van der Waals surface area contributed by atoms with Gasteiger partial charge in [0.1, 0.15) is 0 Å². The van der Waals surface area contributed by atoms with E-state index in [0.29, 0.717) is 5.92 Å². The van der Waals surface area contributed by atoms with Crippen LogP contribution in [0, 0.1) is 5.92 Å². The van der Waals surface area contributed by atoms with Crippen LogP contribution in [0.15, 0.2) is 0 Å². The number of hydrogen-bond acceptors (Lipinski definition) is 3. The highest BCUT2D eigenvalue weighted by Crippen LogP contribution is 2.00. The Morgan fingerprint density at radius 3 is 2.31 bits per heavy atom. The van der Waals surface area contributed by atoms with Crippen molar-refractivity contribution in [2.75, 3.05) is 26.2 Å². The second kappa shape index (κ2) is 8.53. The summed E-state index contributed by atoms with van der Waals surface area (Å²) in [6, 6.07) is -0.138. The highest BCUT2D eigenvalue weighted by atomic mass is 16.3. The van der Waals surface area contributed by atoms with Crippen LogP contribution < -0.4 is 5.32 Å². The number of aliphatic hydroxyl groups is 1. The van der Waals surface area contributed by atoms with Gasteiger partial charge in [0.15, 0.2) is 0 Å². The summed E-state index contributed by atoms with van der Waals surface area (Å²) in [6.45, 7) is 10.4. The molecular weight excluding hydrogens is 204 g/mol. The fourth-order valence-corrected chi connectivity index (χ4v) is 1.60. The van der Waals surface area contributed by atoms with Crippen LogP contribution in [-0.2, 0) is 4.79 Å². The van der Waals surface area contributed by atoms with E-state index in [1.165, 1.54) is 0 Å². The zero-order valence-electron chi connectivity index (χ0n) is 11.0. The molecule has 4 nitrogen and oxygen atoms in total. The normalized spacial score (nSPS) is 14.6. The van der Waals surface area contributed by atoms with Crippen molar-refractivity contribution >= 4 is 5.91 Å². The van der Waals surface area contributed by atoms with Gasteiger partial charge in [0, 0.05) is 19.7 Å². The van der Waals surface area contributed by atoms with Gasteiger partial charge in [-0.2, -0.15) is 0 Å². The Balaban J connectivity index is 3.95. The molecule has 2 unspecified atom stereocenters. The Labute approximate surface area is 99.0 Å². The van der Waals surface area contributed by atoms with Crippen molar-refractivity contribution in [1.29, 1.82) is 0 Å². The Kier molecular flexibility index (Phi) is 8.21. The minimum absolute atomic E-state index is 0.138. The summed E-state index contributed by atoms with van der Waals surface area (Å²) in [4.78, 5) is 13.7. The summed E-state index contributed by atoms with van der Waals surface area (Å²) in [5, 5.41) is 12.0. The number of hydrogen-bond donors (Lipinski definition) is 2.